The van der Waals surface area contributed by atoms with Crippen LogP contribution in [0.2, 0.25) is 5.02 Å². The van der Waals surface area contributed by atoms with Crippen LogP contribution in [0, 0.1) is 14.1 Å². The molecule has 0 aliphatic carbocycles. The zero-order chi connectivity index (χ0) is 28.8. The number of benzene rings is 4. The Morgan fingerprint density at radius 2 is 1.68 bits per heavy atom. The maximum Gasteiger partial charge on any atom is 0.271 e. The molecule has 0 aliphatic heterocycles. The molecular formula is C31H23ClI2N4O2S. The van der Waals surface area contributed by atoms with Gasteiger partial charge in [0.2, 0.25) is 0 Å². The zero-order valence-electron chi connectivity index (χ0n) is 21.7. The number of hydrazone groups is 1. The van der Waals surface area contributed by atoms with Crippen molar-refractivity contribution in [3.63, 3.8) is 0 Å². The molecule has 10 heteroatoms. The van der Waals surface area contributed by atoms with Gasteiger partial charge >= 0.3 is 0 Å². The van der Waals surface area contributed by atoms with E-state index < -0.39 is 0 Å². The molecule has 2 N–H and O–H groups in total. The number of thiazole rings is 1. The Labute approximate surface area is 274 Å². The third-order valence-corrected chi connectivity index (χ3v) is 8.56. The summed E-state index contributed by atoms with van der Waals surface area (Å²) in [7, 11) is 0. The second-order valence-electron chi connectivity index (χ2n) is 9.03. The van der Waals surface area contributed by atoms with Crippen molar-refractivity contribution in [2.24, 2.45) is 5.10 Å². The Balaban J connectivity index is 1.16. The topological polar surface area (TPSA) is 75.6 Å². The highest BCUT2D eigenvalue weighted by Crippen LogP contribution is 2.30. The number of aryl methyl sites for hydroxylation is 1. The van der Waals surface area contributed by atoms with E-state index in [1.165, 1.54) is 16.9 Å². The molecule has 41 heavy (non-hydrogen) atoms. The lowest BCUT2D eigenvalue weighted by Crippen LogP contribution is -2.17. The number of carbonyl (C=O) groups is 1. The summed E-state index contributed by atoms with van der Waals surface area (Å²) in [5, 5.41) is 10.9. The molecule has 0 bridgehead atoms. The highest BCUT2D eigenvalue weighted by molar-refractivity contribution is 14.1. The molecule has 6 nitrogen and oxygen atoms in total. The highest BCUT2D eigenvalue weighted by atomic mass is 127. The summed E-state index contributed by atoms with van der Waals surface area (Å²) in [6, 6.07) is 27.0. The zero-order valence-corrected chi connectivity index (χ0v) is 27.6. The highest BCUT2D eigenvalue weighted by Gasteiger charge is 2.10. The van der Waals surface area contributed by atoms with Crippen LogP contribution in [-0.2, 0) is 6.61 Å². The second-order valence-corrected chi connectivity index (χ2v) is 12.7. The SMILES string of the molecule is Cc1ccc(COc2c(I)cc(/C=N\NC(=O)c3ccc(-c4csc(Nc5ccc(Cl)cc5)n4)cc3)cc2I)cc1. The van der Waals surface area contributed by atoms with E-state index in [1.54, 1.807) is 18.3 Å². The van der Waals surface area contributed by atoms with Gasteiger partial charge in [0.15, 0.2) is 5.13 Å². The van der Waals surface area contributed by atoms with Gasteiger partial charge in [-0.05, 0) is 112 Å². The summed E-state index contributed by atoms with van der Waals surface area (Å²) in [5.74, 6) is 0.541. The molecule has 206 valence electrons. The van der Waals surface area contributed by atoms with Crippen molar-refractivity contribution in [2.45, 2.75) is 13.5 Å². The number of hydrogen-bond donors (Lipinski definition) is 2. The molecule has 0 saturated heterocycles. The Bertz CT molecular complexity index is 1670. The van der Waals surface area contributed by atoms with Gasteiger partial charge in [-0.15, -0.1) is 11.3 Å². The summed E-state index contributed by atoms with van der Waals surface area (Å²) in [6.45, 7) is 2.56. The third-order valence-electron chi connectivity index (χ3n) is 5.95. The number of rotatable bonds is 9. The summed E-state index contributed by atoms with van der Waals surface area (Å²) in [4.78, 5) is 17.3. The monoisotopic (exact) mass is 804 g/mol. The Kier molecular flexibility index (Phi) is 9.91. The van der Waals surface area contributed by atoms with Crippen LogP contribution in [0.15, 0.2) is 95.4 Å². The number of nitrogens with zero attached hydrogens (tertiary/aromatic N) is 2. The van der Waals surface area contributed by atoms with E-state index in [0.717, 1.165) is 46.1 Å². The molecule has 0 aliphatic rings. The lowest BCUT2D eigenvalue weighted by molar-refractivity contribution is 0.0955. The van der Waals surface area contributed by atoms with Gasteiger partial charge in [0.25, 0.3) is 5.91 Å². The van der Waals surface area contributed by atoms with Crippen LogP contribution in [0.3, 0.4) is 0 Å². The first kappa shape index (κ1) is 29.5. The first-order valence-corrected chi connectivity index (χ1v) is 15.8. The van der Waals surface area contributed by atoms with E-state index >= 15 is 0 Å². The van der Waals surface area contributed by atoms with Gasteiger partial charge in [0, 0.05) is 27.2 Å². The van der Waals surface area contributed by atoms with Crippen molar-refractivity contribution < 1.29 is 9.53 Å². The van der Waals surface area contributed by atoms with Crippen molar-refractivity contribution in [1.29, 1.82) is 0 Å². The summed E-state index contributed by atoms with van der Waals surface area (Å²) < 4.78 is 8.02. The molecule has 5 rings (SSSR count). The summed E-state index contributed by atoms with van der Waals surface area (Å²) >= 11 is 12.0. The molecule has 5 aromatic rings. The predicted octanol–water partition coefficient (Wildman–Crippen LogP) is 9.07. The molecule has 0 saturated carbocycles. The molecule has 1 heterocycles. The van der Waals surface area contributed by atoms with Crippen LogP contribution < -0.4 is 15.5 Å². The van der Waals surface area contributed by atoms with Gasteiger partial charge in [-0.25, -0.2) is 10.4 Å². The molecule has 0 spiro atoms. The lowest BCUT2D eigenvalue weighted by atomic mass is 10.1. The smallest absolute Gasteiger partial charge is 0.271 e. The largest absolute Gasteiger partial charge is 0.487 e. The Morgan fingerprint density at radius 3 is 2.37 bits per heavy atom. The fourth-order valence-electron chi connectivity index (χ4n) is 3.77. The van der Waals surface area contributed by atoms with E-state index in [0.29, 0.717) is 17.2 Å². The predicted molar refractivity (Wildman–Crippen MR) is 185 cm³/mol. The van der Waals surface area contributed by atoms with E-state index in [1.807, 2.05) is 53.9 Å². The van der Waals surface area contributed by atoms with Crippen LogP contribution in [0.5, 0.6) is 5.75 Å². The molecular weight excluding hydrogens is 782 g/mol. The van der Waals surface area contributed by atoms with Crippen LogP contribution in [0.4, 0.5) is 10.8 Å². The van der Waals surface area contributed by atoms with Crippen molar-refractivity contribution in [3.05, 3.63) is 125 Å². The standard InChI is InChI=1S/C31H23ClI2N4O2S/c1-19-2-4-20(5-3-19)17-40-29-26(33)14-21(15-27(29)34)16-35-38-30(39)23-8-6-22(7-9-23)28-18-41-31(37-28)36-25-12-10-24(32)11-13-25/h2-16,18H,17H2,1H3,(H,36,37)(H,38,39)/b35-16-. The summed E-state index contributed by atoms with van der Waals surface area (Å²) in [6.07, 6.45) is 1.63. The number of aromatic nitrogens is 1. The Morgan fingerprint density at radius 1 is 1.00 bits per heavy atom. The normalized spacial score (nSPS) is 11.0. The van der Waals surface area contributed by atoms with E-state index in [-0.39, 0.29) is 5.91 Å². The number of hydrogen-bond acceptors (Lipinski definition) is 6. The van der Waals surface area contributed by atoms with Crippen molar-refractivity contribution >= 4 is 91.1 Å². The summed E-state index contributed by atoms with van der Waals surface area (Å²) in [5.41, 5.74) is 8.97. The average molecular weight is 805 g/mol. The van der Waals surface area contributed by atoms with Gasteiger partial charge in [0.1, 0.15) is 12.4 Å². The van der Waals surface area contributed by atoms with Gasteiger partial charge in [0.05, 0.1) is 19.0 Å². The first-order valence-electron chi connectivity index (χ1n) is 12.4. The maximum atomic E-state index is 12.7. The average Bonchev–Trinajstić information content (AvgIpc) is 3.43. The number of carbonyl (C=O) groups excluding carboxylic acids is 1. The number of ether oxygens (including phenoxy) is 1. The number of amides is 1. The van der Waals surface area contributed by atoms with Gasteiger partial charge in [-0.1, -0.05) is 53.6 Å². The van der Waals surface area contributed by atoms with Gasteiger partial charge in [-0.3, -0.25) is 4.79 Å². The third kappa shape index (κ3) is 8.06. The van der Waals surface area contributed by atoms with Gasteiger partial charge in [-0.2, -0.15) is 5.10 Å². The van der Waals surface area contributed by atoms with E-state index in [4.69, 9.17) is 16.3 Å². The Hall–Kier alpha value is -3.00. The number of anilines is 2. The van der Waals surface area contributed by atoms with Crippen molar-refractivity contribution in [1.82, 2.24) is 10.4 Å². The first-order chi connectivity index (χ1) is 19.8. The quantitative estimate of drug-likeness (QED) is 0.0887. The molecule has 0 fully saturated rings. The minimum Gasteiger partial charge on any atom is -0.487 e. The lowest BCUT2D eigenvalue weighted by Gasteiger charge is -2.11. The van der Waals surface area contributed by atoms with Crippen molar-refractivity contribution in [2.75, 3.05) is 5.32 Å². The number of nitrogens with one attached hydrogen (secondary N) is 2. The van der Waals surface area contributed by atoms with Crippen LogP contribution in [0.1, 0.15) is 27.0 Å². The van der Waals surface area contributed by atoms with Gasteiger partial charge < -0.3 is 10.1 Å². The molecule has 4 aromatic carbocycles. The van der Waals surface area contributed by atoms with E-state index in [2.05, 4.69) is 97.2 Å². The molecule has 0 unspecified atom stereocenters. The minimum atomic E-state index is -0.293. The number of halogens is 3. The molecule has 0 atom stereocenters. The van der Waals surface area contributed by atoms with Crippen LogP contribution >= 0.6 is 68.1 Å². The second kappa shape index (κ2) is 13.8. The van der Waals surface area contributed by atoms with Crippen molar-refractivity contribution in [3.8, 4) is 17.0 Å². The van der Waals surface area contributed by atoms with Crippen LogP contribution in [-0.4, -0.2) is 17.1 Å². The fraction of sp³-hybridized carbons (Fsp3) is 0.0645. The molecule has 1 aromatic heterocycles. The van der Waals surface area contributed by atoms with Crippen LogP contribution in [0.25, 0.3) is 11.3 Å². The molecule has 0 radical (unpaired) electrons. The maximum absolute atomic E-state index is 12.7. The fourth-order valence-corrected chi connectivity index (χ4v) is 6.77. The van der Waals surface area contributed by atoms with E-state index in [9.17, 15) is 4.79 Å². The molecule has 1 amide bonds. The minimum absolute atomic E-state index is 0.293.